The maximum absolute atomic E-state index is 12.2. The van der Waals surface area contributed by atoms with E-state index in [2.05, 4.69) is 20.3 Å². The molecule has 0 N–H and O–H groups in total. The van der Waals surface area contributed by atoms with Gasteiger partial charge in [-0.05, 0) is 25.0 Å². The molecule has 0 radical (unpaired) electrons. The molecule has 140 valence electrons. The molecule has 1 aliphatic carbocycles. The molecule has 0 aliphatic heterocycles. The monoisotopic (exact) mass is 421 g/mol. The summed E-state index contributed by atoms with van der Waals surface area (Å²) < 4.78 is 6.07. The Hall–Kier alpha value is -1.97. The molecule has 0 saturated heterocycles. The van der Waals surface area contributed by atoms with Crippen LogP contribution in [0.4, 0.5) is 5.13 Å². The Morgan fingerprint density at radius 1 is 1.41 bits per heavy atom. The Bertz CT molecular complexity index is 956. The third kappa shape index (κ3) is 4.31. The molecule has 4 rings (SSSR count). The van der Waals surface area contributed by atoms with Gasteiger partial charge in [0.1, 0.15) is 0 Å². The van der Waals surface area contributed by atoms with Crippen molar-refractivity contribution in [3.8, 4) is 11.4 Å². The highest BCUT2D eigenvalue weighted by Gasteiger charge is 2.35. The predicted octanol–water partition coefficient (Wildman–Crippen LogP) is 4.44. The molecule has 1 aliphatic rings. The van der Waals surface area contributed by atoms with E-state index in [9.17, 15) is 4.79 Å². The third-order valence-electron chi connectivity index (χ3n) is 3.96. The second kappa shape index (κ2) is 7.95. The van der Waals surface area contributed by atoms with Crippen LogP contribution in [-0.2, 0) is 10.5 Å². The maximum atomic E-state index is 12.2. The van der Waals surface area contributed by atoms with Crippen molar-refractivity contribution >= 4 is 45.7 Å². The third-order valence-corrected chi connectivity index (χ3v) is 6.23. The van der Waals surface area contributed by atoms with E-state index in [0.29, 0.717) is 34.0 Å². The number of hydrogen-bond acceptors (Lipinski definition) is 8. The molecule has 27 heavy (non-hydrogen) atoms. The Morgan fingerprint density at radius 3 is 3.00 bits per heavy atom. The number of hydrogen-bond donors (Lipinski definition) is 0. The van der Waals surface area contributed by atoms with Crippen LogP contribution in [0.5, 0.6) is 0 Å². The largest absolute Gasteiger partial charge is 0.338 e. The molecule has 2 aromatic heterocycles. The number of halogens is 1. The van der Waals surface area contributed by atoms with E-state index in [1.54, 1.807) is 17.0 Å². The van der Waals surface area contributed by atoms with Crippen molar-refractivity contribution in [2.75, 3.05) is 4.90 Å². The molecule has 1 saturated carbocycles. The Balaban J connectivity index is 1.41. The van der Waals surface area contributed by atoms with E-state index >= 15 is 0 Å². The summed E-state index contributed by atoms with van der Waals surface area (Å²) in [5.41, 5.74) is 0.804. The quantitative estimate of drug-likeness (QED) is 0.411. The molecule has 0 unspecified atom stereocenters. The molecule has 3 aromatic rings. The van der Waals surface area contributed by atoms with Crippen molar-refractivity contribution in [1.29, 1.82) is 0 Å². The van der Waals surface area contributed by atoms with Crippen LogP contribution >= 0.6 is 34.7 Å². The number of aromatic nitrogens is 4. The first-order valence-electron chi connectivity index (χ1n) is 8.51. The van der Waals surface area contributed by atoms with E-state index in [4.69, 9.17) is 16.1 Å². The molecule has 10 heteroatoms. The fourth-order valence-electron chi connectivity index (χ4n) is 2.51. The van der Waals surface area contributed by atoms with Gasteiger partial charge in [-0.1, -0.05) is 58.9 Å². The fraction of sp³-hybridized carbons (Fsp3) is 0.353. The summed E-state index contributed by atoms with van der Waals surface area (Å²) in [5.74, 6) is 1.57. The summed E-state index contributed by atoms with van der Waals surface area (Å²) in [6, 6.07) is 7.58. The zero-order chi connectivity index (χ0) is 18.8. The number of benzene rings is 1. The van der Waals surface area contributed by atoms with Gasteiger partial charge in [-0.3, -0.25) is 9.69 Å². The minimum Gasteiger partial charge on any atom is -0.338 e. The number of amides is 1. The number of nitrogens with zero attached hydrogens (tertiary/aromatic N) is 5. The second-order valence-corrected chi connectivity index (χ2v) is 8.62. The molecule has 1 amide bonds. The van der Waals surface area contributed by atoms with Gasteiger partial charge in [0.2, 0.25) is 22.8 Å². The minimum absolute atomic E-state index is 0.0910. The topological polar surface area (TPSA) is 85.0 Å². The molecule has 7 nitrogen and oxygen atoms in total. The summed E-state index contributed by atoms with van der Waals surface area (Å²) in [7, 11) is 0. The normalized spacial score (nSPS) is 13.7. The predicted molar refractivity (Wildman–Crippen MR) is 105 cm³/mol. The van der Waals surface area contributed by atoms with Crippen LogP contribution < -0.4 is 4.90 Å². The van der Waals surface area contributed by atoms with Gasteiger partial charge in [0.05, 0.1) is 5.75 Å². The van der Waals surface area contributed by atoms with E-state index in [1.165, 1.54) is 23.1 Å². The Morgan fingerprint density at radius 2 is 2.26 bits per heavy atom. The average Bonchev–Trinajstić information content (AvgIpc) is 3.19. The lowest BCUT2D eigenvalue weighted by Crippen LogP contribution is -2.32. The molecular weight excluding hydrogens is 406 g/mol. The summed E-state index contributed by atoms with van der Waals surface area (Å²) in [4.78, 5) is 18.3. The van der Waals surface area contributed by atoms with Gasteiger partial charge in [0.15, 0.2) is 4.34 Å². The van der Waals surface area contributed by atoms with Crippen molar-refractivity contribution < 1.29 is 9.32 Å². The van der Waals surface area contributed by atoms with E-state index in [1.807, 2.05) is 19.1 Å². The first-order chi connectivity index (χ1) is 13.1. The highest BCUT2D eigenvalue weighted by atomic mass is 35.5. The number of carbonyl (C=O) groups is 1. The van der Waals surface area contributed by atoms with E-state index < -0.39 is 0 Å². The van der Waals surface area contributed by atoms with Gasteiger partial charge < -0.3 is 4.52 Å². The molecule has 0 bridgehead atoms. The lowest BCUT2D eigenvalue weighted by Gasteiger charge is -2.17. The van der Waals surface area contributed by atoms with Crippen LogP contribution in [0.2, 0.25) is 5.02 Å². The lowest BCUT2D eigenvalue weighted by atomic mass is 10.2. The van der Waals surface area contributed by atoms with Gasteiger partial charge in [-0.2, -0.15) is 4.98 Å². The molecule has 1 aromatic carbocycles. The summed E-state index contributed by atoms with van der Waals surface area (Å²) >= 11 is 8.87. The second-order valence-electron chi connectivity index (χ2n) is 6.01. The van der Waals surface area contributed by atoms with Crippen LogP contribution in [0.25, 0.3) is 11.4 Å². The molecule has 0 spiro atoms. The van der Waals surface area contributed by atoms with Gasteiger partial charge in [-0.15, -0.1) is 10.2 Å². The number of thioether (sulfide) groups is 1. The van der Waals surface area contributed by atoms with Crippen LogP contribution in [0.1, 0.15) is 32.1 Å². The van der Waals surface area contributed by atoms with Crippen molar-refractivity contribution in [3.05, 3.63) is 35.2 Å². The van der Waals surface area contributed by atoms with Crippen molar-refractivity contribution in [2.45, 2.75) is 42.3 Å². The molecule has 1 fully saturated rings. The first kappa shape index (κ1) is 18.4. The van der Waals surface area contributed by atoms with Crippen molar-refractivity contribution in [3.63, 3.8) is 0 Å². The van der Waals surface area contributed by atoms with Gasteiger partial charge in [0.25, 0.3) is 0 Å². The van der Waals surface area contributed by atoms with Gasteiger partial charge >= 0.3 is 0 Å². The molecular formula is C17H16ClN5O2S2. The highest BCUT2D eigenvalue weighted by molar-refractivity contribution is 8.00. The smallest absolute Gasteiger partial charge is 0.237 e. The number of rotatable bonds is 7. The van der Waals surface area contributed by atoms with Crippen LogP contribution in [0.15, 0.2) is 33.1 Å². The zero-order valence-corrected chi connectivity index (χ0v) is 16.9. The van der Waals surface area contributed by atoms with Crippen LogP contribution in [0, 0.1) is 0 Å². The Kier molecular flexibility index (Phi) is 5.42. The molecule has 2 heterocycles. The number of carbonyl (C=O) groups excluding carboxylic acids is 1. The fourth-order valence-corrected chi connectivity index (χ4v) is 4.47. The van der Waals surface area contributed by atoms with E-state index in [0.717, 1.165) is 22.7 Å². The summed E-state index contributed by atoms with van der Waals surface area (Å²) in [6.45, 7) is 1.86. The van der Waals surface area contributed by atoms with Crippen molar-refractivity contribution in [2.24, 2.45) is 0 Å². The minimum atomic E-state index is 0.0910. The standard InChI is InChI=1S/C17H16ClN5O2S2/c1-2-14(24)23(12-6-7-12)16-20-21-17(27-16)26-9-13-19-15(22-25-13)10-4-3-5-11(18)8-10/h3-5,8,12H,2,6-7,9H2,1H3. The maximum Gasteiger partial charge on any atom is 0.237 e. The van der Waals surface area contributed by atoms with Crippen LogP contribution in [-0.4, -0.2) is 32.3 Å². The Labute approximate surface area is 169 Å². The summed E-state index contributed by atoms with van der Waals surface area (Å²) in [5, 5.41) is 13.7. The van der Waals surface area contributed by atoms with Gasteiger partial charge in [-0.25, -0.2) is 0 Å². The summed E-state index contributed by atoms with van der Waals surface area (Å²) in [6.07, 6.45) is 2.52. The van der Waals surface area contributed by atoms with Gasteiger partial charge in [0, 0.05) is 23.0 Å². The average molecular weight is 422 g/mol. The van der Waals surface area contributed by atoms with E-state index in [-0.39, 0.29) is 11.9 Å². The lowest BCUT2D eigenvalue weighted by molar-refractivity contribution is -0.118. The zero-order valence-electron chi connectivity index (χ0n) is 14.5. The first-order valence-corrected chi connectivity index (χ1v) is 10.7. The molecule has 0 atom stereocenters. The van der Waals surface area contributed by atoms with Crippen LogP contribution in [0.3, 0.4) is 0 Å². The SMILES string of the molecule is CCC(=O)N(c1nnc(SCc2nc(-c3cccc(Cl)c3)no2)s1)C1CC1. The highest BCUT2D eigenvalue weighted by Crippen LogP contribution is 2.36. The number of anilines is 1. The van der Waals surface area contributed by atoms with Crippen molar-refractivity contribution in [1.82, 2.24) is 20.3 Å².